The van der Waals surface area contributed by atoms with Crippen molar-refractivity contribution in [1.29, 1.82) is 0 Å². The Hall–Kier alpha value is -0.760. The van der Waals surface area contributed by atoms with Crippen molar-refractivity contribution in [1.82, 2.24) is 4.90 Å². The summed E-state index contributed by atoms with van der Waals surface area (Å²) in [4.78, 5) is 2.58. The van der Waals surface area contributed by atoms with Gasteiger partial charge in [-0.15, -0.1) is 0 Å². The topological polar surface area (TPSA) is 16.4 Å². The second-order valence-electron chi connectivity index (χ2n) is 4.09. The van der Waals surface area contributed by atoms with Crippen molar-refractivity contribution in [2.45, 2.75) is 32.1 Å². The fourth-order valence-electron chi connectivity index (χ4n) is 2.11. The number of rotatable bonds is 4. The maximum absolute atomic E-state index is 5.30. The second kappa shape index (κ2) is 5.20. The van der Waals surface area contributed by atoms with Crippen LogP contribution in [0.15, 0.2) is 22.8 Å². The summed E-state index contributed by atoms with van der Waals surface area (Å²) in [5.74, 6) is 1.13. The van der Waals surface area contributed by atoms with Crippen LogP contribution in [0, 0.1) is 0 Å². The molecule has 14 heavy (non-hydrogen) atoms. The van der Waals surface area contributed by atoms with Crippen molar-refractivity contribution < 1.29 is 4.42 Å². The van der Waals surface area contributed by atoms with Crippen molar-refractivity contribution in [3.8, 4) is 0 Å². The van der Waals surface area contributed by atoms with Gasteiger partial charge in [-0.2, -0.15) is 0 Å². The van der Waals surface area contributed by atoms with E-state index in [0.717, 1.165) is 12.2 Å². The van der Waals surface area contributed by atoms with E-state index >= 15 is 0 Å². The van der Waals surface area contributed by atoms with Gasteiger partial charge in [-0.05, 0) is 51.0 Å². The molecule has 1 saturated heterocycles. The predicted molar refractivity (Wildman–Crippen MR) is 57.3 cm³/mol. The number of hydrogen-bond acceptors (Lipinski definition) is 2. The Kier molecular flexibility index (Phi) is 3.64. The van der Waals surface area contributed by atoms with Crippen molar-refractivity contribution in [2.75, 3.05) is 19.6 Å². The van der Waals surface area contributed by atoms with Crippen molar-refractivity contribution in [3.05, 3.63) is 24.2 Å². The number of furan rings is 1. The molecular weight excluding hydrogens is 174 g/mol. The van der Waals surface area contributed by atoms with Crippen molar-refractivity contribution >= 4 is 0 Å². The molecule has 0 amide bonds. The van der Waals surface area contributed by atoms with E-state index in [0.29, 0.717) is 0 Å². The lowest BCUT2D eigenvalue weighted by atomic mass is 10.1. The highest BCUT2D eigenvalue weighted by molar-refractivity contribution is 4.97. The third-order valence-electron chi connectivity index (χ3n) is 2.93. The van der Waals surface area contributed by atoms with E-state index in [9.17, 15) is 0 Å². The Morgan fingerprint density at radius 3 is 2.79 bits per heavy atom. The molecule has 1 aromatic rings. The molecule has 2 heterocycles. The largest absolute Gasteiger partial charge is 0.469 e. The lowest BCUT2D eigenvalue weighted by Crippen LogP contribution is -2.30. The van der Waals surface area contributed by atoms with Gasteiger partial charge in [0.05, 0.1) is 6.26 Å². The zero-order valence-corrected chi connectivity index (χ0v) is 8.74. The molecule has 1 fully saturated rings. The Morgan fingerprint density at radius 2 is 2.07 bits per heavy atom. The molecule has 78 valence electrons. The number of likely N-dealkylation sites (tertiary alicyclic amines) is 1. The van der Waals surface area contributed by atoms with Crippen LogP contribution in [0.1, 0.15) is 31.4 Å². The molecule has 0 unspecified atom stereocenters. The van der Waals surface area contributed by atoms with Gasteiger partial charge >= 0.3 is 0 Å². The Morgan fingerprint density at radius 1 is 1.21 bits per heavy atom. The lowest BCUT2D eigenvalue weighted by Gasteiger charge is -2.26. The number of nitrogens with zero attached hydrogens (tertiary/aromatic N) is 1. The first-order valence-electron chi connectivity index (χ1n) is 5.70. The molecule has 0 N–H and O–H groups in total. The zero-order chi connectivity index (χ0) is 9.64. The van der Waals surface area contributed by atoms with E-state index < -0.39 is 0 Å². The molecule has 0 saturated carbocycles. The van der Waals surface area contributed by atoms with Gasteiger partial charge in [0.2, 0.25) is 0 Å². The molecule has 0 spiro atoms. The molecule has 2 rings (SSSR count). The van der Waals surface area contributed by atoms with Crippen LogP contribution in [0.5, 0.6) is 0 Å². The van der Waals surface area contributed by atoms with Crippen LogP contribution in [-0.2, 0) is 6.42 Å². The Bertz CT molecular complexity index is 237. The summed E-state index contributed by atoms with van der Waals surface area (Å²) in [7, 11) is 0. The Labute approximate surface area is 85.9 Å². The van der Waals surface area contributed by atoms with Gasteiger partial charge in [-0.25, -0.2) is 0 Å². The minimum absolute atomic E-state index is 1.09. The zero-order valence-electron chi connectivity index (χ0n) is 8.74. The highest BCUT2D eigenvalue weighted by Crippen LogP contribution is 2.10. The van der Waals surface area contributed by atoms with Gasteiger partial charge in [0.25, 0.3) is 0 Å². The predicted octanol–water partition coefficient (Wildman–Crippen LogP) is 2.70. The van der Waals surface area contributed by atoms with E-state index in [4.69, 9.17) is 4.42 Å². The molecule has 2 heteroatoms. The van der Waals surface area contributed by atoms with Crippen LogP contribution in [0.25, 0.3) is 0 Å². The van der Waals surface area contributed by atoms with E-state index in [-0.39, 0.29) is 0 Å². The van der Waals surface area contributed by atoms with Crippen LogP contribution in [0.3, 0.4) is 0 Å². The number of hydrogen-bond donors (Lipinski definition) is 0. The molecule has 0 aliphatic carbocycles. The van der Waals surface area contributed by atoms with Crippen LogP contribution in [0.2, 0.25) is 0 Å². The van der Waals surface area contributed by atoms with Gasteiger partial charge in [-0.1, -0.05) is 6.42 Å². The smallest absolute Gasteiger partial charge is 0.103 e. The highest BCUT2D eigenvalue weighted by atomic mass is 16.3. The summed E-state index contributed by atoms with van der Waals surface area (Å²) in [6.07, 6.45) is 8.28. The fourth-order valence-corrected chi connectivity index (χ4v) is 2.11. The monoisotopic (exact) mass is 193 g/mol. The SMILES string of the molecule is c1coc(CCCN2CCCCC2)c1. The standard InChI is InChI=1S/C12H19NO/c1-2-8-13(9-3-1)10-4-6-12-7-5-11-14-12/h5,7,11H,1-4,6,8-10H2. The van der Waals surface area contributed by atoms with Crippen LogP contribution in [0.4, 0.5) is 0 Å². The summed E-state index contributed by atoms with van der Waals surface area (Å²) in [6, 6.07) is 4.03. The van der Waals surface area contributed by atoms with Crippen molar-refractivity contribution in [2.24, 2.45) is 0 Å². The molecule has 0 bridgehead atoms. The maximum atomic E-state index is 5.30. The minimum atomic E-state index is 1.09. The molecule has 1 aliphatic rings. The average molecular weight is 193 g/mol. The first kappa shape index (κ1) is 9.78. The summed E-state index contributed by atoms with van der Waals surface area (Å²) in [5, 5.41) is 0. The van der Waals surface area contributed by atoms with E-state index in [1.807, 2.05) is 6.07 Å². The normalized spacial score (nSPS) is 18.6. The maximum Gasteiger partial charge on any atom is 0.103 e. The molecule has 1 aliphatic heterocycles. The third kappa shape index (κ3) is 2.88. The summed E-state index contributed by atoms with van der Waals surface area (Å²) < 4.78 is 5.30. The van der Waals surface area contributed by atoms with Crippen LogP contribution >= 0.6 is 0 Å². The Balaban J connectivity index is 1.62. The van der Waals surface area contributed by atoms with Crippen LogP contribution in [-0.4, -0.2) is 24.5 Å². The molecule has 0 atom stereocenters. The summed E-state index contributed by atoms with van der Waals surface area (Å²) in [6.45, 7) is 3.84. The molecule has 2 nitrogen and oxygen atoms in total. The van der Waals surface area contributed by atoms with Crippen LogP contribution < -0.4 is 0 Å². The van der Waals surface area contributed by atoms with E-state index in [1.165, 1.54) is 45.3 Å². The lowest BCUT2D eigenvalue weighted by molar-refractivity contribution is 0.225. The van der Waals surface area contributed by atoms with E-state index in [2.05, 4.69) is 11.0 Å². The van der Waals surface area contributed by atoms with Gasteiger partial charge in [-0.3, -0.25) is 0 Å². The number of aryl methyl sites for hydroxylation is 1. The second-order valence-corrected chi connectivity index (χ2v) is 4.09. The number of piperidine rings is 1. The van der Waals surface area contributed by atoms with Gasteiger partial charge in [0.1, 0.15) is 5.76 Å². The molecule has 1 aromatic heterocycles. The first-order valence-corrected chi connectivity index (χ1v) is 5.70. The molecule has 0 radical (unpaired) electrons. The summed E-state index contributed by atoms with van der Waals surface area (Å²) in [5.41, 5.74) is 0. The van der Waals surface area contributed by atoms with Gasteiger partial charge in [0, 0.05) is 6.42 Å². The first-order chi connectivity index (χ1) is 6.95. The summed E-state index contributed by atoms with van der Waals surface area (Å²) >= 11 is 0. The highest BCUT2D eigenvalue weighted by Gasteiger charge is 2.09. The average Bonchev–Trinajstić information content (AvgIpc) is 2.72. The van der Waals surface area contributed by atoms with Crippen molar-refractivity contribution in [3.63, 3.8) is 0 Å². The quantitative estimate of drug-likeness (QED) is 0.731. The van der Waals surface area contributed by atoms with Gasteiger partial charge in [0.15, 0.2) is 0 Å². The third-order valence-corrected chi connectivity index (χ3v) is 2.93. The minimum Gasteiger partial charge on any atom is -0.469 e. The fraction of sp³-hybridized carbons (Fsp3) is 0.667. The van der Waals surface area contributed by atoms with Gasteiger partial charge < -0.3 is 9.32 Å². The molecular formula is C12H19NO. The molecule has 0 aromatic carbocycles. The van der Waals surface area contributed by atoms with E-state index in [1.54, 1.807) is 6.26 Å².